The average Bonchev–Trinajstić information content (AvgIpc) is 2.66. The van der Waals surface area contributed by atoms with Crippen molar-refractivity contribution in [3.63, 3.8) is 0 Å². The summed E-state index contributed by atoms with van der Waals surface area (Å²) in [6, 6.07) is 3.89. The molecule has 0 unspecified atom stereocenters. The molecule has 1 heterocycles. The number of aryl methyl sites for hydroxylation is 2. The Hall–Kier alpha value is -2.23. The van der Waals surface area contributed by atoms with Gasteiger partial charge in [-0.25, -0.2) is 4.79 Å². The number of hydrogen-bond acceptors (Lipinski definition) is 2. The van der Waals surface area contributed by atoms with E-state index >= 15 is 0 Å². The summed E-state index contributed by atoms with van der Waals surface area (Å²) in [5.41, 5.74) is 3.86. The van der Waals surface area contributed by atoms with Crippen molar-refractivity contribution in [2.75, 3.05) is 7.11 Å². The molecule has 0 aliphatic carbocycles. The summed E-state index contributed by atoms with van der Waals surface area (Å²) in [4.78, 5) is 13.8. The first-order chi connectivity index (χ1) is 8.54. The molecular formula is C14H15NO3. The van der Waals surface area contributed by atoms with Crippen molar-refractivity contribution in [3.8, 4) is 5.75 Å². The molecule has 0 spiro atoms. The van der Waals surface area contributed by atoms with Crippen molar-refractivity contribution in [1.82, 2.24) is 4.98 Å². The molecular weight excluding hydrogens is 230 g/mol. The van der Waals surface area contributed by atoms with Crippen LogP contribution in [-0.2, 0) is 4.79 Å². The number of rotatable bonds is 3. The molecule has 0 saturated heterocycles. The standard InChI is InChI=1S/C14H15NO3/c1-8-4-6-11(18-3)14-13(8)9(2)10(15-14)5-7-12(16)17/h4-7,15H,1-3H3,(H,16,17)/b7-5+. The number of ether oxygens (including phenoxy) is 1. The van der Waals surface area contributed by atoms with Gasteiger partial charge in [-0.2, -0.15) is 0 Å². The summed E-state index contributed by atoms with van der Waals surface area (Å²) in [6.07, 6.45) is 2.69. The van der Waals surface area contributed by atoms with Gasteiger partial charge in [0.25, 0.3) is 0 Å². The van der Waals surface area contributed by atoms with E-state index in [4.69, 9.17) is 9.84 Å². The van der Waals surface area contributed by atoms with Gasteiger partial charge in [-0.1, -0.05) is 6.07 Å². The van der Waals surface area contributed by atoms with Gasteiger partial charge >= 0.3 is 5.97 Å². The maximum atomic E-state index is 10.6. The zero-order chi connectivity index (χ0) is 13.3. The third-order valence-electron chi connectivity index (χ3n) is 3.03. The molecule has 0 saturated carbocycles. The lowest BCUT2D eigenvalue weighted by Gasteiger charge is -2.03. The molecule has 0 atom stereocenters. The molecule has 0 aliphatic heterocycles. The summed E-state index contributed by atoms with van der Waals surface area (Å²) in [7, 11) is 1.62. The highest BCUT2D eigenvalue weighted by Gasteiger charge is 2.12. The van der Waals surface area contributed by atoms with Gasteiger partial charge in [0.2, 0.25) is 0 Å². The van der Waals surface area contributed by atoms with Crippen molar-refractivity contribution in [3.05, 3.63) is 35.0 Å². The summed E-state index contributed by atoms with van der Waals surface area (Å²) >= 11 is 0. The molecule has 0 aliphatic rings. The van der Waals surface area contributed by atoms with Gasteiger partial charge < -0.3 is 14.8 Å². The number of benzene rings is 1. The van der Waals surface area contributed by atoms with E-state index in [1.807, 2.05) is 26.0 Å². The Kier molecular flexibility index (Phi) is 3.10. The first-order valence-electron chi connectivity index (χ1n) is 5.61. The largest absolute Gasteiger partial charge is 0.495 e. The van der Waals surface area contributed by atoms with E-state index in [1.165, 1.54) is 0 Å². The summed E-state index contributed by atoms with van der Waals surface area (Å²) < 4.78 is 5.30. The molecule has 0 fully saturated rings. The van der Waals surface area contributed by atoms with Gasteiger partial charge in [0.1, 0.15) is 5.75 Å². The molecule has 2 rings (SSSR count). The SMILES string of the molecule is COc1ccc(C)c2c(C)c(/C=C/C(=O)O)[nH]c12. The highest BCUT2D eigenvalue weighted by Crippen LogP contribution is 2.32. The maximum Gasteiger partial charge on any atom is 0.328 e. The van der Waals surface area contributed by atoms with Crippen LogP contribution in [0.5, 0.6) is 5.75 Å². The van der Waals surface area contributed by atoms with Crippen LogP contribution in [0.3, 0.4) is 0 Å². The number of fused-ring (bicyclic) bond motifs is 1. The van der Waals surface area contributed by atoms with Gasteiger partial charge in [-0.3, -0.25) is 0 Å². The maximum absolute atomic E-state index is 10.6. The molecule has 4 nitrogen and oxygen atoms in total. The van der Waals surface area contributed by atoms with Gasteiger partial charge in [-0.05, 0) is 37.1 Å². The number of carboxylic acid groups (broad SMARTS) is 1. The van der Waals surface area contributed by atoms with E-state index in [-0.39, 0.29) is 0 Å². The first kappa shape index (κ1) is 12.2. The van der Waals surface area contributed by atoms with Crippen molar-refractivity contribution >= 4 is 22.9 Å². The molecule has 2 N–H and O–H groups in total. The fourth-order valence-corrected chi connectivity index (χ4v) is 2.15. The Bertz CT molecular complexity index is 638. The predicted molar refractivity (Wildman–Crippen MR) is 71.0 cm³/mol. The van der Waals surface area contributed by atoms with Gasteiger partial charge in [0.15, 0.2) is 0 Å². The van der Waals surface area contributed by atoms with E-state index in [1.54, 1.807) is 13.2 Å². The third kappa shape index (κ3) is 1.97. The number of aromatic nitrogens is 1. The Balaban J connectivity index is 2.68. The monoisotopic (exact) mass is 245 g/mol. The minimum Gasteiger partial charge on any atom is -0.495 e. The third-order valence-corrected chi connectivity index (χ3v) is 3.03. The second-order valence-electron chi connectivity index (χ2n) is 4.17. The van der Waals surface area contributed by atoms with Crippen molar-refractivity contribution in [1.29, 1.82) is 0 Å². The number of methoxy groups -OCH3 is 1. The topological polar surface area (TPSA) is 62.3 Å². The quantitative estimate of drug-likeness (QED) is 0.817. The first-order valence-corrected chi connectivity index (χ1v) is 5.61. The number of aromatic amines is 1. The van der Waals surface area contributed by atoms with E-state index in [9.17, 15) is 4.79 Å². The zero-order valence-electron chi connectivity index (χ0n) is 10.6. The Morgan fingerprint density at radius 2 is 2.11 bits per heavy atom. The molecule has 0 bridgehead atoms. The Morgan fingerprint density at radius 3 is 2.72 bits per heavy atom. The minimum atomic E-state index is -0.961. The predicted octanol–water partition coefficient (Wildman–Crippen LogP) is 2.89. The van der Waals surface area contributed by atoms with Gasteiger partial charge in [0, 0.05) is 17.2 Å². The molecule has 1 aromatic carbocycles. The van der Waals surface area contributed by atoms with Crippen LogP contribution in [0.4, 0.5) is 0 Å². The summed E-state index contributed by atoms with van der Waals surface area (Å²) in [5, 5.41) is 9.75. The van der Waals surface area contributed by atoms with E-state index in [0.717, 1.165) is 39.5 Å². The van der Waals surface area contributed by atoms with Crippen LogP contribution >= 0.6 is 0 Å². The lowest BCUT2D eigenvalue weighted by molar-refractivity contribution is -0.131. The molecule has 0 amide bonds. The molecule has 2 aromatic rings. The van der Waals surface area contributed by atoms with Crippen LogP contribution in [0.2, 0.25) is 0 Å². The van der Waals surface area contributed by atoms with Crippen LogP contribution in [-0.4, -0.2) is 23.2 Å². The van der Waals surface area contributed by atoms with Crippen molar-refractivity contribution in [2.24, 2.45) is 0 Å². The lowest BCUT2D eigenvalue weighted by Crippen LogP contribution is -1.86. The minimum absolute atomic E-state index is 0.758. The number of H-pyrrole nitrogens is 1. The fraction of sp³-hybridized carbons (Fsp3) is 0.214. The molecule has 4 heteroatoms. The Morgan fingerprint density at radius 1 is 1.39 bits per heavy atom. The number of carboxylic acids is 1. The lowest BCUT2D eigenvalue weighted by atomic mass is 10.1. The van der Waals surface area contributed by atoms with E-state index in [2.05, 4.69) is 4.98 Å². The van der Waals surface area contributed by atoms with Crippen LogP contribution in [0, 0.1) is 13.8 Å². The van der Waals surface area contributed by atoms with E-state index in [0.29, 0.717) is 0 Å². The summed E-state index contributed by atoms with van der Waals surface area (Å²) in [6.45, 7) is 3.99. The smallest absolute Gasteiger partial charge is 0.328 e. The van der Waals surface area contributed by atoms with Crippen LogP contribution in [0.15, 0.2) is 18.2 Å². The second kappa shape index (κ2) is 4.56. The highest BCUT2D eigenvalue weighted by atomic mass is 16.5. The van der Waals surface area contributed by atoms with Crippen LogP contribution in [0.1, 0.15) is 16.8 Å². The van der Waals surface area contributed by atoms with E-state index < -0.39 is 5.97 Å². The normalized spacial score (nSPS) is 11.3. The second-order valence-corrected chi connectivity index (χ2v) is 4.17. The number of carbonyl (C=O) groups is 1. The van der Waals surface area contributed by atoms with Gasteiger partial charge in [0.05, 0.1) is 12.6 Å². The number of aliphatic carboxylic acids is 1. The van der Waals surface area contributed by atoms with Crippen molar-refractivity contribution < 1.29 is 14.6 Å². The number of nitrogens with one attached hydrogen (secondary N) is 1. The molecule has 18 heavy (non-hydrogen) atoms. The number of hydrogen-bond donors (Lipinski definition) is 2. The zero-order valence-corrected chi connectivity index (χ0v) is 10.6. The molecule has 0 radical (unpaired) electrons. The Labute approximate surface area is 105 Å². The van der Waals surface area contributed by atoms with Gasteiger partial charge in [-0.15, -0.1) is 0 Å². The molecule has 1 aromatic heterocycles. The average molecular weight is 245 g/mol. The van der Waals surface area contributed by atoms with Crippen LogP contribution in [0.25, 0.3) is 17.0 Å². The molecule has 94 valence electrons. The highest BCUT2D eigenvalue weighted by molar-refractivity contribution is 5.95. The fourth-order valence-electron chi connectivity index (χ4n) is 2.15. The van der Waals surface area contributed by atoms with Crippen LogP contribution < -0.4 is 4.74 Å². The summed E-state index contributed by atoms with van der Waals surface area (Å²) in [5.74, 6) is -0.203. The van der Waals surface area contributed by atoms with Crippen molar-refractivity contribution in [2.45, 2.75) is 13.8 Å².